The van der Waals surface area contributed by atoms with Gasteiger partial charge in [0.15, 0.2) is 0 Å². The van der Waals surface area contributed by atoms with Crippen LogP contribution in [0.5, 0.6) is 5.75 Å². The van der Waals surface area contributed by atoms with Crippen molar-refractivity contribution in [2.75, 3.05) is 52.5 Å². The summed E-state index contributed by atoms with van der Waals surface area (Å²) < 4.78 is 15.9. The van der Waals surface area contributed by atoms with E-state index in [1.807, 2.05) is 36.1 Å². The van der Waals surface area contributed by atoms with Crippen LogP contribution in [-0.2, 0) is 19.1 Å². The van der Waals surface area contributed by atoms with Crippen molar-refractivity contribution in [1.29, 1.82) is 0 Å². The van der Waals surface area contributed by atoms with Gasteiger partial charge in [0.25, 0.3) is 11.8 Å². The van der Waals surface area contributed by atoms with Gasteiger partial charge >= 0.3 is 0 Å². The molecular formula is C24H27ClN2O5. The fourth-order valence-corrected chi connectivity index (χ4v) is 3.75. The highest BCUT2D eigenvalue weighted by molar-refractivity contribution is 6.46. The number of ether oxygens (including phenoxy) is 3. The zero-order valence-electron chi connectivity index (χ0n) is 18.7. The Hall–Kier alpha value is -2.87. The summed E-state index contributed by atoms with van der Waals surface area (Å²) in [6.07, 6.45) is 0. The molecule has 8 heteroatoms. The summed E-state index contributed by atoms with van der Waals surface area (Å²) in [7, 11) is 4.67. The molecule has 0 atom stereocenters. The van der Waals surface area contributed by atoms with Crippen molar-refractivity contribution >= 4 is 34.7 Å². The lowest BCUT2D eigenvalue weighted by Gasteiger charge is -2.26. The normalized spacial score (nSPS) is 13.8. The molecule has 7 nitrogen and oxygen atoms in total. The van der Waals surface area contributed by atoms with Gasteiger partial charge in [0.2, 0.25) is 0 Å². The van der Waals surface area contributed by atoms with Crippen molar-refractivity contribution in [1.82, 2.24) is 4.90 Å². The molecule has 3 rings (SSSR count). The fraction of sp³-hybridized carbons (Fsp3) is 0.333. The Balaban J connectivity index is 2.17. The van der Waals surface area contributed by atoms with E-state index in [0.717, 1.165) is 10.5 Å². The maximum atomic E-state index is 13.7. The molecule has 0 fully saturated rings. The highest BCUT2D eigenvalue weighted by atomic mass is 35.5. The van der Waals surface area contributed by atoms with Crippen molar-refractivity contribution in [2.45, 2.75) is 6.92 Å². The van der Waals surface area contributed by atoms with E-state index in [0.29, 0.717) is 59.6 Å². The largest absolute Gasteiger partial charge is 0.495 e. The molecule has 0 aliphatic carbocycles. The first-order valence-corrected chi connectivity index (χ1v) is 10.6. The van der Waals surface area contributed by atoms with Gasteiger partial charge < -0.3 is 19.1 Å². The van der Waals surface area contributed by atoms with E-state index in [-0.39, 0.29) is 0 Å². The average molecular weight is 459 g/mol. The van der Waals surface area contributed by atoms with Gasteiger partial charge in [0.1, 0.15) is 11.4 Å². The van der Waals surface area contributed by atoms with E-state index in [4.69, 9.17) is 25.8 Å². The van der Waals surface area contributed by atoms with Gasteiger partial charge in [0.05, 0.1) is 31.6 Å². The maximum Gasteiger partial charge on any atom is 0.282 e. The Kier molecular flexibility index (Phi) is 7.90. The third-order valence-electron chi connectivity index (χ3n) is 5.23. The number of anilines is 1. The molecule has 1 heterocycles. The third kappa shape index (κ3) is 4.80. The molecule has 2 aromatic rings. The van der Waals surface area contributed by atoms with E-state index in [1.54, 1.807) is 32.4 Å². The lowest BCUT2D eigenvalue weighted by Crippen LogP contribution is -2.37. The fourth-order valence-electron chi connectivity index (χ4n) is 3.59. The number of rotatable bonds is 10. The second-order valence-corrected chi connectivity index (χ2v) is 7.76. The van der Waals surface area contributed by atoms with Crippen LogP contribution in [0.3, 0.4) is 0 Å². The second kappa shape index (κ2) is 10.6. The number of hydrogen-bond donors (Lipinski definition) is 0. The number of carbonyl (C=O) groups is 2. The number of amides is 2. The van der Waals surface area contributed by atoms with E-state index in [2.05, 4.69) is 0 Å². The molecular weight excluding hydrogens is 432 g/mol. The van der Waals surface area contributed by atoms with Gasteiger partial charge in [0, 0.05) is 32.3 Å². The van der Waals surface area contributed by atoms with Crippen LogP contribution >= 0.6 is 11.6 Å². The van der Waals surface area contributed by atoms with E-state index < -0.39 is 11.8 Å². The average Bonchev–Trinajstić information content (AvgIpc) is 3.04. The van der Waals surface area contributed by atoms with Crippen LogP contribution in [-0.4, -0.2) is 64.3 Å². The summed E-state index contributed by atoms with van der Waals surface area (Å²) in [6.45, 7) is 3.58. The van der Waals surface area contributed by atoms with Crippen LogP contribution in [0, 0.1) is 6.92 Å². The monoisotopic (exact) mass is 458 g/mol. The van der Waals surface area contributed by atoms with Crippen molar-refractivity contribution in [3.05, 3.63) is 64.3 Å². The SMILES string of the molecule is COCCN(CCOC)C1=C(c2ccc(C)cc2)C(=O)N(c2cc(Cl)ccc2OC)C1=O. The van der Waals surface area contributed by atoms with Gasteiger partial charge in [-0.05, 0) is 30.7 Å². The van der Waals surface area contributed by atoms with Crippen molar-refractivity contribution < 1.29 is 23.8 Å². The molecule has 2 amide bonds. The summed E-state index contributed by atoms with van der Waals surface area (Å²) >= 11 is 6.19. The highest BCUT2D eigenvalue weighted by Crippen LogP contribution is 2.39. The lowest BCUT2D eigenvalue weighted by atomic mass is 10.0. The van der Waals surface area contributed by atoms with Crippen LogP contribution in [0.1, 0.15) is 11.1 Å². The third-order valence-corrected chi connectivity index (χ3v) is 5.46. The first kappa shape index (κ1) is 23.8. The number of aryl methyl sites for hydroxylation is 1. The highest BCUT2D eigenvalue weighted by Gasteiger charge is 2.43. The molecule has 1 aliphatic heterocycles. The van der Waals surface area contributed by atoms with Gasteiger partial charge in [-0.25, -0.2) is 4.90 Å². The molecule has 0 N–H and O–H groups in total. The number of hydrogen-bond acceptors (Lipinski definition) is 6. The van der Waals surface area contributed by atoms with E-state index in [9.17, 15) is 9.59 Å². The zero-order valence-corrected chi connectivity index (χ0v) is 19.4. The summed E-state index contributed by atoms with van der Waals surface area (Å²) in [4.78, 5) is 30.4. The molecule has 32 heavy (non-hydrogen) atoms. The minimum Gasteiger partial charge on any atom is -0.495 e. The van der Waals surface area contributed by atoms with Crippen molar-refractivity contribution in [2.24, 2.45) is 0 Å². The molecule has 0 radical (unpaired) electrons. The van der Waals surface area contributed by atoms with Gasteiger partial charge in [-0.1, -0.05) is 41.4 Å². The first-order valence-electron chi connectivity index (χ1n) is 10.2. The topological polar surface area (TPSA) is 68.3 Å². The van der Waals surface area contributed by atoms with Crippen LogP contribution in [0.2, 0.25) is 5.02 Å². The Bertz CT molecular complexity index is 1010. The molecule has 0 saturated heterocycles. The number of imide groups is 1. The lowest BCUT2D eigenvalue weighted by molar-refractivity contribution is -0.120. The number of carbonyl (C=O) groups excluding carboxylic acids is 2. The smallest absolute Gasteiger partial charge is 0.282 e. The molecule has 0 unspecified atom stereocenters. The summed E-state index contributed by atoms with van der Waals surface area (Å²) in [5, 5.41) is 0.391. The minimum atomic E-state index is -0.446. The molecule has 0 saturated carbocycles. The molecule has 0 bridgehead atoms. The molecule has 2 aromatic carbocycles. The predicted molar refractivity (Wildman–Crippen MR) is 124 cm³/mol. The standard InChI is InChI=1S/C24H27ClN2O5/c1-16-5-7-17(8-6-16)21-22(26(11-13-30-2)12-14-31-3)24(29)27(23(21)28)19-15-18(25)9-10-20(19)32-4/h5-10,15H,11-14H2,1-4H3. The Morgan fingerprint density at radius 2 is 1.53 bits per heavy atom. The van der Waals surface area contributed by atoms with Crippen LogP contribution < -0.4 is 9.64 Å². The number of methoxy groups -OCH3 is 3. The number of nitrogens with zero attached hydrogens (tertiary/aromatic N) is 2. The summed E-state index contributed by atoms with van der Waals surface area (Å²) in [6, 6.07) is 12.4. The van der Waals surface area contributed by atoms with Crippen LogP contribution in [0.4, 0.5) is 5.69 Å². The first-order chi connectivity index (χ1) is 15.4. The molecule has 0 aromatic heterocycles. The maximum absolute atomic E-state index is 13.7. The number of benzene rings is 2. The van der Waals surface area contributed by atoms with Crippen molar-refractivity contribution in [3.63, 3.8) is 0 Å². The Morgan fingerprint density at radius 3 is 2.09 bits per heavy atom. The minimum absolute atomic E-state index is 0.299. The summed E-state index contributed by atoms with van der Waals surface area (Å²) in [5.74, 6) is -0.506. The van der Waals surface area contributed by atoms with E-state index >= 15 is 0 Å². The predicted octanol–water partition coefficient (Wildman–Crippen LogP) is 3.54. The molecule has 0 spiro atoms. The molecule has 170 valence electrons. The number of halogens is 1. The molecule has 1 aliphatic rings. The van der Waals surface area contributed by atoms with Crippen LogP contribution in [0.15, 0.2) is 48.2 Å². The van der Waals surface area contributed by atoms with Gasteiger partial charge in [-0.15, -0.1) is 0 Å². The van der Waals surface area contributed by atoms with Crippen LogP contribution in [0.25, 0.3) is 5.57 Å². The van der Waals surface area contributed by atoms with Gasteiger partial charge in [-0.3, -0.25) is 9.59 Å². The second-order valence-electron chi connectivity index (χ2n) is 7.32. The quantitative estimate of drug-likeness (QED) is 0.507. The Morgan fingerprint density at radius 1 is 0.906 bits per heavy atom. The zero-order chi connectivity index (χ0) is 23.3. The summed E-state index contributed by atoms with van der Waals surface area (Å²) in [5.41, 5.74) is 2.64. The Labute approximate surface area is 193 Å². The van der Waals surface area contributed by atoms with E-state index in [1.165, 1.54) is 7.11 Å². The van der Waals surface area contributed by atoms with Crippen molar-refractivity contribution in [3.8, 4) is 5.75 Å². The van der Waals surface area contributed by atoms with Gasteiger partial charge in [-0.2, -0.15) is 0 Å².